The largest absolute Gasteiger partial charge is 0.462 e. The summed E-state index contributed by atoms with van der Waals surface area (Å²) in [6.45, 7) is 4.06. The van der Waals surface area contributed by atoms with E-state index in [1.807, 2.05) is 0 Å². The summed E-state index contributed by atoms with van der Waals surface area (Å²) < 4.78 is 10.8. The van der Waals surface area contributed by atoms with Crippen LogP contribution in [-0.2, 0) is 19.1 Å². The fourth-order valence-corrected chi connectivity index (χ4v) is 11.5. The van der Waals surface area contributed by atoms with Gasteiger partial charge in [-0.3, -0.25) is 9.59 Å². The molecule has 1 N–H and O–H groups in total. The highest BCUT2D eigenvalue weighted by atomic mass is 16.6. The second-order valence-corrected chi connectivity index (χ2v) is 26.1. The van der Waals surface area contributed by atoms with Gasteiger partial charge in [-0.05, 0) is 89.9 Å². The minimum atomic E-state index is -0.785. The van der Waals surface area contributed by atoms with Crippen molar-refractivity contribution < 1.29 is 24.2 Å². The van der Waals surface area contributed by atoms with Gasteiger partial charge in [-0.15, -0.1) is 0 Å². The summed E-state index contributed by atoms with van der Waals surface area (Å²) in [7, 11) is 0. The molecule has 0 saturated heterocycles. The lowest BCUT2D eigenvalue weighted by Crippen LogP contribution is -2.28. The molecule has 5 heteroatoms. The highest BCUT2D eigenvalue weighted by molar-refractivity contribution is 5.70. The second-order valence-electron chi connectivity index (χ2n) is 26.1. The van der Waals surface area contributed by atoms with Gasteiger partial charge < -0.3 is 14.6 Å². The van der Waals surface area contributed by atoms with E-state index in [4.69, 9.17) is 9.47 Å². The lowest BCUT2D eigenvalue weighted by atomic mass is 10.0. The first-order valence-corrected chi connectivity index (χ1v) is 39.1. The number of esters is 2. The van der Waals surface area contributed by atoms with Gasteiger partial charge in [-0.1, -0.05) is 405 Å². The minimum absolute atomic E-state index is 0.0712. The van der Waals surface area contributed by atoms with Crippen LogP contribution in [-0.4, -0.2) is 36.4 Å². The van der Waals surface area contributed by atoms with Crippen molar-refractivity contribution >= 4 is 11.9 Å². The zero-order valence-corrected chi connectivity index (χ0v) is 59.6. The maximum atomic E-state index is 12.4. The maximum absolute atomic E-state index is 12.4. The molecule has 1 atom stereocenters. The molecular weight excluding hydrogens is 1100 g/mol. The SMILES string of the molecule is CC/C=C\C/C=C\C/C=C\C/C=C\C/C=C\C/C=C\C/C=C\C/C=C\C/C=C\C/C=C\CCCCCCCCCCC(=O)OC(CO)COC(=O)CCCCCCCCCCCCCCCCCCCCCCCCCCCCCCCCCCCCCCC. The van der Waals surface area contributed by atoms with Gasteiger partial charge in [0.25, 0.3) is 0 Å². The third kappa shape index (κ3) is 76.8. The Hall–Kier alpha value is -3.70. The van der Waals surface area contributed by atoms with Crippen LogP contribution in [0, 0.1) is 0 Å². The molecule has 0 saturated carbocycles. The van der Waals surface area contributed by atoms with Crippen LogP contribution in [0.2, 0.25) is 0 Å². The van der Waals surface area contributed by atoms with E-state index in [0.717, 1.165) is 109 Å². The summed E-state index contributed by atoms with van der Waals surface area (Å²) in [5, 5.41) is 9.72. The van der Waals surface area contributed by atoms with Gasteiger partial charge in [0.1, 0.15) is 6.61 Å². The van der Waals surface area contributed by atoms with Crippen LogP contribution >= 0.6 is 0 Å². The molecule has 0 spiro atoms. The zero-order valence-electron chi connectivity index (χ0n) is 59.6. The van der Waals surface area contributed by atoms with E-state index in [2.05, 4.69) is 135 Å². The van der Waals surface area contributed by atoms with Crippen molar-refractivity contribution in [1.82, 2.24) is 0 Å². The smallest absolute Gasteiger partial charge is 0.306 e. The highest BCUT2D eigenvalue weighted by Crippen LogP contribution is 2.19. The van der Waals surface area contributed by atoms with Crippen molar-refractivity contribution in [1.29, 1.82) is 0 Å². The van der Waals surface area contributed by atoms with E-state index in [1.165, 1.54) is 250 Å². The van der Waals surface area contributed by atoms with E-state index >= 15 is 0 Å². The third-order valence-corrected chi connectivity index (χ3v) is 17.3. The Balaban J connectivity index is 3.48. The molecule has 0 fully saturated rings. The van der Waals surface area contributed by atoms with Gasteiger partial charge in [-0.25, -0.2) is 0 Å². The molecule has 0 aliphatic heterocycles. The fourth-order valence-electron chi connectivity index (χ4n) is 11.5. The molecule has 0 aromatic carbocycles. The van der Waals surface area contributed by atoms with Crippen molar-refractivity contribution in [3.63, 3.8) is 0 Å². The predicted octanol–water partition coefficient (Wildman–Crippen LogP) is 27.7. The molecule has 518 valence electrons. The summed E-state index contributed by atoms with van der Waals surface area (Å²) in [6, 6.07) is 0. The number of hydrogen-bond donors (Lipinski definition) is 1. The van der Waals surface area contributed by atoms with Crippen LogP contribution in [0.25, 0.3) is 0 Å². The molecule has 0 rings (SSSR count). The van der Waals surface area contributed by atoms with Crippen molar-refractivity contribution in [2.24, 2.45) is 0 Å². The number of carbonyl (C=O) groups is 2. The standard InChI is InChI=1S/C85H148O5/c1-3-5-7-9-11-13-15-17-19-21-23-25-27-29-31-33-35-37-39-41-42-44-46-48-50-52-54-56-58-60-62-64-66-68-70-72-74-76-78-80-85(88)90-83(81-86)82-89-84(87)79-77-75-73-71-69-67-65-63-61-59-57-55-53-51-49-47-45-43-40-38-36-34-32-30-28-26-24-22-20-18-16-14-12-10-8-6-4-2/h5,7,11,13,17,19,23,25,29,31,35,37,41-42,46,48,52,54,58,60,83,86H,3-4,6,8-10,12,14-16,18,20-22,24,26-28,30,32-34,36,38-40,43-45,47,49-51,53,55-57,59,61-82H2,1-2H3/b7-5-,13-11-,19-17-,25-23-,31-29-,37-35-,42-41-,48-46-,54-52-,60-58-. The number of aliphatic hydroxyl groups is 1. The van der Waals surface area contributed by atoms with Crippen LogP contribution < -0.4 is 0 Å². The number of aliphatic hydroxyl groups excluding tert-OH is 1. The zero-order chi connectivity index (χ0) is 64.7. The molecule has 0 radical (unpaired) electrons. The van der Waals surface area contributed by atoms with Crippen LogP contribution in [0.15, 0.2) is 122 Å². The van der Waals surface area contributed by atoms with Gasteiger partial charge in [0.05, 0.1) is 6.61 Å². The minimum Gasteiger partial charge on any atom is -0.462 e. The number of unbranched alkanes of at least 4 members (excludes halogenated alkanes) is 44. The lowest BCUT2D eigenvalue weighted by Gasteiger charge is -2.15. The van der Waals surface area contributed by atoms with E-state index in [9.17, 15) is 14.7 Å². The Bertz CT molecular complexity index is 1750. The molecular formula is C85H148O5. The Morgan fingerprint density at radius 3 is 0.722 bits per heavy atom. The average Bonchev–Trinajstić information content (AvgIpc) is 3.59. The number of ether oxygens (including phenoxy) is 2. The summed E-state index contributed by atoms with van der Waals surface area (Å²) >= 11 is 0. The van der Waals surface area contributed by atoms with Gasteiger partial charge in [0, 0.05) is 12.8 Å². The second kappa shape index (κ2) is 79.5. The van der Waals surface area contributed by atoms with Crippen LogP contribution in [0.1, 0.15) is 386 Å². The van der Waals surface area contributed by atoms with Gasteiger partial charge >= 0.3 is 11.9 Å². The summed E-state index contributed by atoms with van der Waals surface area (Å²) in [4.78, 5) is 24.7. The molecule has 0 heterocycles. The first kappa shape index (κ1) is 86.3. The Kier molecular flexibility index (Phi) is 76.3. The normalized spacial score (nSPS) is 12.9. The van der Waals surface area contributed by atoms with Crippen molar-refractivity contribution in [2.45, 2.75) is 392 Å². The van der Waals surface area contributed by atoms with Crippen molar-refractivity contribution in [2.75, 3.05) is 13.2 Å². The van der Waals surface area contributed by atoms with Crippen LogP contribution in [0.3, 0.4) is 0 Å². The topological polar surface area (TPSA) is 72.8 Å². The number of carbonyl (C=O) groups excluding carboxylic acids is 2. The summed E-state index contributed by atoms with van der Waals surface area (Å²) in [5.74, 6) is -0.590. The van der Waals surface area contributed by atoms with Gasteiger partial charge in [-0.2, -0.15) is 0 Å². The molecule has 90 heavy (non-hydrogen) atoms. The number of hydrogen-bond acceptors (Lipinski definition) is 5. The molecule has 1 unspecified atom stereocenters. The highest BCUT2D eigenvalue weighted by Gasteiger charge is 2.16. The Morgan fingerprint density at radius 1 is 0.267 bits per heavy atom. The Morgan fingerprint density at radius 2 is 0.478 bits per heavy atom. The summed E-state index contributed by atoms with van der Waals surface area (Å²) in [5.41, 5.74) is 0. The van der Waals surface area contributed by atoms with Crippen molar-refractivity contribution in [3.05, 3.63) is 122 Å². The van der Waals surface area contributed by atoms with E-state index in [1.54, 1.807) is 0 Å². The Labute approximate surface area is 560 Å². The molecule has 0 bridgehead atoms. The lowest BCUT2D eigenvalue weighted by molar-refractivity contribution is -0.161. The molecule has 0 aliphatic carbocycles. The molecule has 5 nitrogen and oxygen atoms in total. The number of allylic oxidation sites excluding steroid dienone is 20. The molecule has 0 aromatic rings. The maximum Gasteiger partial charge on any atom is 0.306 e. The average molecular weight is 1250 g/mol. The molecule has 0 amide bonds. The van der Waals surface area contributed by atoms with E-state index in [-0.39, 0.29) is 25.2 Å². The molecule has 0 aliphatic rings. The van der Waals surface area contributed by atoms with E-state index < -0.39 is 6.10 Å². The predicted molar refractivity (Wildman–Crippen MR) is 398 cm³/mol. The first-order chi connectivity index (χ1) is 44.6. The van der Waals surface area contributed by atoms with Crippen molar-refractivity contribution in [3.8, 4) is 0 Å². The summed E-state index contributed by atoms with van der Waals surface area (Å²) in [6.07, 6.45) is 117. The number of rotatable bonds is 72. The van der Waals surface area contributed by atoms with Gasteiger partial charge in [0.2, 0.25) is 0 Å². The van der Waals surface area contributed by atoms with Gasteiger partial charge in [0.15, 0.2) is 6.10 Å². The fraction of sp³-hybridized carbons (Fsp3) is 0.741. The first-order valence-electron chi connectivity index (χ1n) is 39.1. The molecule has 0 aromatic heterocycles. The van der Waals surface area contributed by atoms with E-state index in [0.29, 0.717) is 12.8 Å². The van der Waals surface area contributed by atoms with Crippen LogP contribution in [0.4, 0.5) is 0 Å². The monoisotopic (exact) mass is 1250 g/mol. The quantitative estimate of drug-likeness (QED) is 0.0373. The van der Waals surface area contributed by atoms with Crippen LogP contribution in [0.5, 0.6) is 0 Å². The third-order valence-electron chi connectivity index (χ3n) is 17.3.